The second kappa shape index (κ2) is 18.0. The Bertz CT molecular complexity index is 1190. The molecule has 208 valence electrons. The Labute approximate surface area is 280 Å². The van der Waals surface area contributed by atoms with E-state index in [2.05, 4.69) is 16.9 Å². The molecule has 0 aliphatic carbocycles. The molecule has 2 aromatic carbocycles. The van der Waals surface area contributed by atoms with E-state index in [0.717, 1.165) is 11.2 Å². The first-order valence-electron chi connectivity index (χ1n) is 11.9. The second-order valence-corrected chi connectivity index (χ2v) is 9.42. The number of imide groups is 2. The molecule has 2 heterocycles. The van der Waals surface area contributed by atoms with E-state index in [1.807, 2.05) is 13.8 Å². The van der Waals surface area contributed by atoms with Crippen molar-refractivity contribution in [2.75, 3.05) is 0 Å². The molecular weight excluding hydrogens is 567 g/mol. The zero-order valence-corrected chi connectivity index (χ0v) is 27.3. The maximum atomic E-state index is 12.2. The first-order chi connectivity index (χ1) is 18.2. The fourth-order valence-electron chi connectivity index (χ4n) is 3.16. The number of halogens is 1. The van der Waals surface area contributed by atoms with Gasteiger partial charge in [-0.15, -0.1) is 0 Å². The number of aldehydes is 1. The summed E-state index contributed by atoms with van der Waals surface area (Å²) in [5.74, 6) is -2.17. The third kappa shape index (κ3) is 11.1. The Balaban J connectivity index is 0.000000610. The van der Waals surface area contributed by atoms with Crippen molar-refractivity contribution < 1.29 is 89.7 Å². The molecule has 40 heavy (non-hydrogen) atoms. The molecule has 0 spiro atoms. The summed E-state index contributed by atoms with van der Waals surface area (Å²) in [5, 5.41) is 2.92. The third-order valence-corrected chi connectivity index (χ3v) is 4.80. The summed E-state index contributed by atoms with van der Waals surface area (Å²) in [7, 11) is 0. The molecule has 10 nitrogen and oxygen atoms in total. The molecule has 4 rings (SSSR count). The quantitative estimate of drug-likeness (QED) is 0.171. The number of amides is 4. The average molecular weight is 597 g/mol. The third-order valence-electron chi connectivity index (χ3n) is 4.80. The summed E-state index contributed by atoms with van der Waals surface area (Å²) in [6.07, 6.45) is 0.0462. The molecule has 1 unspecified atom stereocenters. The summed E-state index contributed by atoms with van der Waals surface area (Å²) in [5.41, 5.74) is 1.53. The van der Waals surface area contributed by atoms with Gasteiger partial charge in [-0.25, -0.2) is 4.90 Å². The fourth-order valence-corrected chi connectivity index (χ4v) is 3.16. The van der Waals surface area contributed by atoms with Crippen molar-refractivity contribution in [3.63, 3.8) is 0 Å². The Morgan fingerprint density at radius 3 is 1.40 bits per heavy atom. The van der Waals surface area contributed by atoms with Crippen LogP contribution in [0.5, 0.6) is 0 Å². The topological polar surface area (TPSA) is 146 Å². The van der Waals surface area contributed by atoms with E-state index >= 15 is 0 Å². The van der Waals surface area contributed by atoms with E-state index in [1.165, 1.54) is 13.8 Å². The molecule has 4 amide bonds. The Morgan fingerprint density at radius 2 is 1.12 bits per heavy atom. The van der Waals surface area contributed by atoms with E-state index in [9.17, 15) is 33.6 Å². The number of hydrogen-bond acceptors (Lipinski definition) is 8. The molecule has 12 heteroatoms. The molecule has 0 saturated carbocycles. The van der Waals surface area contributed by atoms with Crippen LogP contribution in [0.1, 0.15) is 83.0 Å². The molecule has 2 aliphatic rings. The normalized spacial score (nSPS) is 13.2. The number of hydrogen-bond donors (Lipinski definition) is 0. The van der Waals surface area contributed by atoms with E-state index in [1.54, 1.807) is 62.4 Å². The summed E-state index contributed by atoms with van der Waals surface area (Å²) in [4.78, 5) is 77.1. The molecule has 0 N–H and O–H groups in total. The van der Waals surface area contributed by atoms with Crippen molar-refractivity contribution in [1.29, 1.82) is 0 Å². The first-order valence-corrected chi connectivity index (χ1v) is 12.3. The number of carbonyl (C=O) groups is 7. The van der Waals surface area contributed by atoms with Crippen molar-refractivity contribution in [3.8, 4) is 0 Å². The van der Waals surface area contributed by atoms with Crippen LogP contribution in [0.25, 0.3) is 5.32 Å². The second-order valence-electron chi connectivity index (χ2n) is 8.89. The summed E-state index contributed by atoms with van der Waals surface area (Å²) in [6.45, 7) is 9.84. The smallest absolute Gasteiger partial charge is 0.587 e. The number of carbonyl (C=O) groups excluding carboxylic acids is 7. The fraction of sp³-hybridized carbons (Fsp3) is 0.321. The van der Waals surface area contributed by atoms with Crippen molar-refractivity contribution >= 4 is 52.7 Å². The standard InChI is InChI=1S/C14H15NO4.C8H5NO2.C4H8O.C2H3ClO.K/c1-8(2)14(19-9(3)16)15-12(17)10-6-4-5-7-11(10)13(15)18;10-7-5-3-1-2-4-6(5)8(11)9-7;1-4(2)3-5;1-2(3)4;/h4-8,14H,1-3H3;1-4H,(H,9,10,11);3-4H,1-2H3;1H3;/q;;;;+1/p-1. The van der Waals surface area contributed by atoms with Crippen LogP contribution in [0.3, 0.4) is 0 Å². The summed E-state index contributed by atoms with van der Waals surface area (Å²) >= 11 is 4.64. The van der Waals surface area contributed by atoms with Crippen LogP contribution in [-0.4, -0.2) is 52.3 Å². The van der Waals surface area contributed by atoms with Gasteiger partial charge in [-0.3, -0.25) is 19.2 Å². The van der Waals surface area contributed by atoms with Crippen LogP contribution < -0.4 is 51.4 Å². The molecular formula is C28H30ClKN2O8. The minimum Gasteiger partial charge on any atom is -0.587 e. The SMILES string of the molecule is CC(=O)Cl.CC(=O)OC(C(C)C)N1C(=O)c2ccccc2C1=O.CC(C)C=O.O=C1[N-]C(=O)c2ccccc21.[K+]. The molecule has 0 saturated heterocycles. The zero-order chi connectivity index (χ0) is 29.9. The van der Waals surface area contributed by atoms with Gasteiger partial charge in [0.05, 0.1) is 22.9 Å². The van der Waals surface area contributed by atoms with Crippen LogP contribution in [-0.2, 0) is 19.1 Å². The average Bonchev–Trinajstić information content (AvgIpc) is 3.30. The molecule has 2 aromatic rings. The largest absolute Gasteiger partial charge is 1.00 e. The minimum absolute atomic E-state index is 0. The number of fused-ring (bicyclic) bond motifs is 2. The van der Waals surface area contributed by atoms with Gasteiger partial charge in [-0.05, 0) is 23.7 Å². The van der Waals surface area contributed by atoms with Crippen LogP contribution in [0.15, 0.2) is 48.5 Å². The first kappa shape index (κ1) is 37.5. The Kier molecular flexibility index (Phi) is 16.9. The van der Waals surface area contributed by atoms with Crippen molar-refractivity contribution in [1.82, 2.24) is 4.90 Å². The molecule has 0 bridgehead atoms. The Hall–Kier alpha value is -2.54. The van der Waals surface area contributed by atoms with Crippen LogP contribution in [0, 0.1) is 11.8 Å². The van der Waals surface area contributed by atoms with Crippen LogP contribution in [0.2, 0.25) is 0 Å². The van der Waals surface area contributed by atoms with Crippen molar-refractivity contribution in [3.05, 3.63) is 76.1 Å². The maximum Gasteiger partial charge on any atom is 1.00 e. The number of nitrogens with zero attached hydrogens (tertiary/aromatic N) is 2. The van der Waals surface area contributed by atoms with Crippen molar-refractivity contribution in [2.45, 2.75) is 47.8 Å². The monoisotopic (exact) mass is 596 g/mol. The Morgan fingerprint density at radius 1 is 0.800 bits per heavy atom. The maximum absolute atomic E-state index is 12.2. The molecule has 2 aliphatic heterocycles. The predicted octanol–water partition coefficient (Wildman–Crippen LogP) is 1.80. The number of ether oxygens (including phenoxy) is 1. The van der Waals surface area contributed by atoms with Crippen molar-refractivity contribution in [2.24, 2.45) is 11.8 Å². The molecule has 0 fully saturated rings. The van der Waals surface area contributed by atoms with Crippen LogP contribution >= 0.6 is 11.6 Å². The van der Waals surface area contributed by atoms with E-state index < -0.39 is 35.8 Å². The zero-order valence-electron chi connectivity index (χ0n) is 23.5. The van der Waals surface area contributed by atoms with E-state index in [4.69, 9.17) is 4.74 Å². The van der Waals surface area contributed by atoms with Gasteiger partial charge < -0.3 is 24.4 Å². The van der Waals surface area contributed by atoms with Gasteiger partial charge in [0.2, 0.25) is 5.24 Å². The number of benzene rings is 2. The number of esters is 1. The molecule has 1 atom stereocenters. The predicted molar refractivity (Wildman–Crippen MR) is 143 cm³/mol. The van der Waals surface area contributed by atoms with Gasteiger partial charge in [0, 0.05) is 36.8 Å². The van der Waals surface area contributed by atoms with Gasteiger partial charge in [0.25, 0.3) is 11.8 Å². The van der Waals surface area contributed by atoms with Gasteiger partial charge in [0.1, 0.15) is 6.29 Å². The molecule has 0 aromatic heterocycles. The van der Waals surface area contributed by atoms with E-state index in [0.29, 0.717) is 22.3 Å². The van der Waals surface area contributed by atoms with Crippen LogP contribution in [0.4, 0.5) is 0 Å². The van der Waals surface area contributed by atoms with Gasteiger partial charge in [-0.1, -0.05) is 64.1 Å². The summed E-state index contributed by atoms with van der Waals surface area (Å²) in [6, 6.07) is 13.2. The summed E-state index contributed by atoms with van der Waals surface area (Å²) < 4.78 is 5.11. The van der Waals surface area contributed by atoms with Gasteiger partial charge in [-0.2, -0.15) is 0 Å². The number of rotatable bonds is 4. The van der Waals surface area contributed by atoms with Gasteiger partial charge in [0.15, 0.2) is 6.23 Å². The molecule has 0 radical (unpaired) electrons. The van der Waals surface area contributed by atoms with E-state index in [-0.39, 0.29) is 68.5 Å². The van der Waals surface area contributed by atoms with Gasteiger partial charge >= 0.3 is 57.4 Å². The minimum atomic E-state index is -0.870.